The van der Waals surface area contributed by atoms with Crippen molar-refractivity contribution in [3.8, 4) is 0 Å². The minimum absolute atomic E-state index is 0.390. The molecule has 2 aromatic rings. The Morgan fingerprint density at radius 3 is 2.82 bits per heavy atom. The van der Waals surface area contributed by atoms with Crippen LogP contribution in [0.15, 0.2) is 42.5 Å². The van der Waals surface area contributed by atoms with Gasteiger partial charge in [0.05, 0.1) is 12.7 Å². The molecule has 0 saturated carbocycles. The Balaban J connectivity index is 1.72. The van der Waals surface area contributed by atoms with E-state index in [2.05, 4.69) is 47.8 Å². The first-order chi connectivity index (χ1) is 8.42. The Hall–Kier alpha value is -1.38. The zero-order valence-corrected chi connectivity index (χ0v) is 9.86. The summed E-state index contributed by atoms with van der Waals surface area (Å²) in [6.45, 7) is 2.80. The SMILES string of the molecule is c1ccc2cc(COC3CCNC3)ccc2c1. The van der Waals surface area contributed by atoms with Gasteiger partial charge < -0.3 is 10.1 Å². The smallest absolute Gasteiger partial charge is 0.0721 e. The first-order valence-electron chi connectivity index (χ1n) is 6.22. The van der Waals surface area contributed by atoms with Crippen LogP contribution in [0.5, 0.6) is 0 Å². The molecule has 1 saturated heterocycles. The van der Waals surface area contributed by atoms with Gasteiger partial charge in [0.1, 0.15) is 0 Å². The molecule has 2 heteroatoms. The van der Waals surface area contributed by atoms with Gasteiger partial charge in [-0.1, -0.05) is 36.4 Å². The van der Waals surface area contributed by atoms with Crippen molar-refractivity contribution in [1.29, 1.82) is 0 Å². The number of ether oxygens (including phenoxy) is 1. The van der Waals surface area contributed by atoms with Crippen LogP contribution in [-0.4, -0.2) is 19.2 Å². The van der Waals surface area contributed by atoms with E-state index in [0.29, 0.717) is 6.10 Å². The van der Waals surface area contributed by atoms with Crippen molar-refractivity contribution in [2.24, 2.45) is 0 Å². The lowest BCUT2D eigenvalue weighted by Crippen LogP contribution is -2.16. The van der Waals surface area contributed by atoms with Gasteiger partial charge in [0.15, 0.2) is 0 Å². The van der Waals surface area contributed by atoms with Crippen LogP contribution in [0.1, 0.15) is 12.0 Å². The van der Waals surface area contributed by atoms with Gasteiger partial charge in [0.25, 0.3) is 0 Å². The Labute approximate surface area is 102 Å². The minimum atomic E-state index is 0.390. The summed E-state index contributed by atoms with van der Waals surface area (Å²) in [7, 11) is 0. The van der Waals surface area contributed by atoms with Crippen molar-refractivity contribution < 1.29 is 4.74 Å². The van der Waals surface area contributed by atoms with Gasteiger partial charge in [0.2, 0.25) is 0 Å². The molecule has 88 valence electrons. The number of fused-ring (bicyclic) bond motifs is 1. The van der Waals surface area contributed by atoms with Gasteiger partial charge in [-0.2, -0.15) is 0 Å². The summed E-state index contributed by atoms with van der Waals surface area (Å²) in [6, 6.07) is 15.0. The number of nitrogens with one attached hydrogen (secondary N) is 1. The summed E-state index contributed by atoms with van der Waals surface area (Å²) in [5, 5.41) is 5.89. The maximum atomic E-state index is 5.88. The van der Waals surface area contributed by atoms with E-state index in [1.807, 2.05) is 0 Å². The zero-order valence-electron chi connectivity index (χ0n) is 9.86. The quantitative estimate of drug-likeness (QED) is 0.870. The molecule has 2 nitrogen and oxygen atoms in total. The molecule has 0 amide bonds. The molecule has 1 unspecified atom stereocenters. The second-order valence-electron chi connectivity index (χ2n) is 4.61. The van der Waals surface area contributed by atoms with Crippen LogP contribution in [-0.2, 0) is 11.3 Å². The standard InChI is InChI=1S/C15H17NO/c1-2-4-14-9-12(5-6-13(14)3-1)11-17-15-7-8-16-10-15/h1-6,9,15-16H,7-8,10-11H2. The highest BCUT2D eigenvalue weighted by Crippen LogP contribution is 2.17. The van der Waals surface area contributed by atoms with Gasteiger partial charge in [-0.05, 0) is 35.4 Å². The Bertz CT molecular complexity index is 503. The molecule has 0 bridgehead atoms. The third-order valence-electron chi connectivity index (χ3n) is 3.31. The van der Waals surface area contributed by atoms with Crippen molar-refractivity contribution in [2.75, 3.05) is 13.1 Å². The summed E-state index contributed by atoms with van der Waals surface area (Å²) in [6.07, 6.45) is 1.52. The van der Waals surface area contributed by atoms with E-state index in [-0.39, 0.29) is 0 Å². The molecular formula is C15H17NO. The van der Waals surface area contributed by atoms with Gasteiger partial charge in [0, 0.05) is 6.54 Å². The van der Waals surface area contributed by atoms with Gasteiger partial charge in [-0.25, -0.2) is 0 Å². The second-order valence-corrected chi connectivity index (χ2v) is 4.61. The van der Waals surface area contributed by atoms with Crippen LogP contribution in [0.4, 0.5) is 0 Å². The predicted molar refractivity (Wildman–Crippen MR) is 70.0 cm³/mol. The monoisotopic (exact) mass is 227 g/mol. The highest BCUT2D eigenvalue weighted by molar-refractivity contribution is 5.82. The highest BCUT2D eigenvalue weighted by Gasteiger charge is 2.14. The Kier molecular flexibility index (Phi) is 3.08. The molecule has 1 fully saturated rings. The van der Waals surface area contributed by atoms with Crippen molar-refractivity contribution in [3.05, 3.63) is 48.0 Å². The fourth-order valence-electron chi connectivity index (χ4n) is 2.31. The summed E-state index contributed by atoms with van der Waals surface area (Å²) in [5.74, 6) is 0. The third kappa shape index (κ3) is 2.48. The molecule has 0 aliphatic carbocycles. The molecule has 0 radical (unpaired) electrons. The van der Waals surface area contributed by atoms with Crippen LogP contribution >= 0.6 is 0 Å². The maximum absolute atomic E-state index is 5.88. The summed E-state index contributed by atoms with van der Waals surface area (Å²) in [5.41, 5.74) is 1.26. The van der Waals surface area contributed by atoms with Crippen LogP contribution in [0.3, 0.4) is 0 Å². The zero-order chi connectivity index (χ0) is 11.5. The molecular weight excluding hydrogens is 210 g/mol. The van der Waals surface area contributed by atoms with Crippen LogP contribution in [0.25, 0.3) is 10.8 Å². The molecule has 17 heavy (non-hydrogen) atoms. The summed E-state index contributed by atoms with van der Waals surface area (Å²) in [4.78, 5) is 0. The topological polar surface area (TPSA) is 21.3 Å². The Morgan fingerprint density at radius 1 is 1.12 bits per heavy atom. The minimum Gasteiger partial charge on any atom is -0.372 e. The number of rotatable bonds is 3. The summed E-state index contributed by atoms with van der Waals surface area (Å²) < 4.78 is 5.88. The lowest BCUT2D eigenvalue weighted by Gasteiger charge is -2.10. The average molecular weight is 227 g/mol. The van der Waals surface area contributed by atoms with E-state index in [1.165, 1.54) is 16.3 Å². The van der Waals surface area contributed by atoms with Gasteiger partial charge in [-0.3, -0.25) is 0 Å². The number of benzene rings is 2. The van der Waals surface area contributed by atoms with Crippen molar-refractivity contribution in [1.82, 2.24) is 5.32 Å². The maximum Gasteiger partial charge on any atom is 0.0721 e. The van der Waals surface area contributed by atoms with Crippen molar-refractivity contribution in [2.45, 2.75) is 19.1 Å². The molecule has 0 aromatic heterocycles. The molecule has 1 atom stereocenters. The van der Waals surface area contributed by atoms with E-state index in [9.17, 15) is 0 Å². The fourth-order valence-corrected chi connectivity index (χ4v) is 2.31. The van der Waals surface area contributed by atoms with Crippen LogP contribution in [0.2, 0.25) is 0 Å². The molecule has 1 N–H and O–H groups in total. The average Bonchev–Trinajstić information content (AvgIpc) is 2.89. The lowest BCUT2D eigenvalue weighted by molar-refractivity contribution is 0.0543. The van der Waals surface area contributed by atoms with E-state index < -0.39 is 0 Å². The lowest BCUT2D eigenvalue weighted by atomic mass is 10.1. The number of hydrogen-bond donors (Lipinski definition) is 1. The first-order valence-corrected chi connectivity index (χ1v) is 6.22. The molecule has 1 aliphatic heterocycles. The van der Waals surface area contributed by atoms with Crippen LogP contribution in [0, 0.1) is 0 Å². The van der Waals surface area contributed by atoms with E-state index in [1.54, 1.807) is 0 Å². The highest BCUT2D eigenvalue weighted by atomic mass is 16.5. The van der Waals surface area contributed by atoms with Gasteiger partial charge >= 0.3 is 0 Å². The second kappa shape index (κ2) is 4.86. The van der Waals surface area contributed by atoms with E-state index in [0.717, 1.165) is 26.1 Å². The van der Waals surface area contributed by atoms with Crippen molar-refractivity contribution >= 4 is 10.8 Å². The Morgan fingerprint density at radius 2 is 2.00 bits per heavy atom. The molecule has 0 spiro atoms. The first kappa shape index (κ1) is 10.8. The normalized spacial score (nSPS) is 19.9. The van der Waals surface area contributed by atoms with E-state index >= 15 is 0 Å². The summed E-state index contributed by atoms with van der Waals surface area (Å²) >= 11 is 0. The van der Waals surface area contributed by atoms with Crippen molar-refractivity contribution in [3.63, 3.8) is 0 Å². The number of hydrogen-bond acceptors (Lipinski definition) is 2. The van der Waals surface area contributed by atoms with Gasteiger partial charge in [-0.15, -0.1) is 0 Å². The third-order valence-corrected chi connectivity index (χ3v) is 3.31. The fraction of sp³-hybridized carbons (Fsp3) is 0.333. The predicted octanol–water partition coefficient (Wildman–Crippen LogP) is 2.72. The van der Waals surface area contributed by atoms with Crippen LogP contribution < -0.4 is 5.32 Å². The molecule has 3 rings (SSSR count). The molecule has 1 aliphatic rings. The molecule has 1 heterocycles. The largest absolute Gasteiger partial charge is 0.372 e. The molecule has 2 aromatic carbocycles. The van der Waals surface area contributed by atoms with E-state index in [4.69, 9.17) is 4.74 Å².